The number of para-hydroxylation sites is 1. The number of ether oxygens (including phenoxy) is 1. The molecular formula is C23H35N3O3. The summed E-state index contributed by atoms with van der Waals surface area (Å²) in [5.41, 5.74) is 2.09. The van der Waals surface area contributed by atoms with E-state index in [1.54, 1.807) is 6.92 Å². The van der Waals surface area contributed by atoms with E-state index >= 15 is 0 Å². The van der Waals surface area contributed by atoms with Crippen molar-refractivity contribution in [3.8, 4) is 0 Å². The summed E-state index contributed by atoms with van der Waals surface area (Å²) in [6, 6.07) is 8.35. The molecule has 2 amide bonds. The maximum atomic E-state index is 12.7. The van der Waals surface area contributed by atoms with Crippen LogP contribution in [0, 0.1) is 0 Å². The van der Waals surface area contributed by atoms with Crippen molar-refractivity contribution in [1.82, 2.24) is 10.2 Å². The number of hydrogen-bond donors (Lipinski definition) is 1. The van der Waals surface area contributed by atoms with E-state index in [1.165, 1.54) is 12.8 Å². The van der Waals surface area contributed by atoms with E-state index in [1.807, 2.05) is 23.1 Å². The Kier molecular flexibility index (Phi) is 8.50. The lowest BCUT2D eigenvalue weighted by atomic mass is 10.1. The van der Waals surface area contributed by atoms with Crippen LogP contribution in [0.5, 0.6) is 0 Å². The topological polar surface area (TPSA) is 61.9 Å². The Morgan fingerprint density at radius 1 is 1.03 bits per heavy atom. The zero-order valence-corrected chi connectivity index (χ0v) is 17.7. The fourth-order valence-electron chi connectivity index (χ4n) is 4.26. The van der Waals surface area contributed by atoms with Gasteiger partial charge in [0.1, 0.15) is 0 Å². The molecule has 1 saturated heterocycles. The van der Waals surface area contributed by atoms with Crippen LogP contribution in [-0.2, 0) is 20.9 Å². The average molecular weight is 402 g/mol. The number of amides is 2. The molecule has 1 fully saturated rings. The average Bonchev–Trinajstić information content (AvgIpc) is 2.70. The molecule has 6 heteroatoms. The van der Waals surface area contributed by atoms with Crippen LogP contribution in [0.3, 0.4) is 0 Å². The molecule has 0 saturated carbocycles. The number of fused-ring (bicyclic) bond motifs is 1. The molecule has 0 spiro atoms. The van der Waals surface area contributed by atoms with Gasteiger partial charge in [-0.3, -0.25) is 14.5 Å². The van der Waals surface area contributed by atoms with E-state index in [9.17, 15) is 9.59 Å². The van der Waals surface area contributed by atoms with Crippen molar-refractivity contribution < 1.29 is 14.3 Å². The van der Waals surface area contributed by atoms with E-state index in [0.29, 0.717) is 13.1 Å². The van der Waals surface area contributed by atoms with E-state index in [-0.39, 0.29) is 17.9 Å². The first-order chi connectivity index (χ1) is 14.1. The molecule has 6 nitrogen and oxygen atoms in total. The van der Waals surface area contributed by atoms with Gasteiger partial charge in [0.2, 0.25) is 11.8 Å². The third-order valence-electron chi connectivity index (χ3n) is 5.87. The molecule has 1 N–H and O–H groups in total. The maximum Gasteiger partial charge on any atom is 0.234 e. The van der Waals surface area contributed by atoms with Crippen LogP contribution in [-0.4, -0.2) is 55.6 Å². The van der Waals surface area contributed by atoms with E-state index in [2.05, 4.69) is 16.3 Å². The quantitative estimate of drug-likeness (QED) is 0.845. The molecule has 0 aromatic heterocycles. The standard InChI is InChI=1S/C23H35N3O3/c1-19(27)26-14-8-4-2-3-7-13-25(17-20-9-5-6-10-22(20)26)18-23(28)24-21-11-15-29-16-12-21/h5-6,9-10,21H,2-4,7-8,11-18H2,1H3,(H,24,28). The van der Waals surface area contributed by atoms with Gasteiger partial charge in [-0.15, -0.1) is 0 Å². The smallest absolute Gasteiger partial charge is 0.234 e. The monoisotopic (exact) mass is 401 g/mol. The molecular weight excluding hydrogens is 366 g/mol. The van der Waals surface area contributed by atoms with Crippen molar-refractivity contribution in [2.45, 2.75) is 64.5 Å². The molecule has 0 bridgehead atoms. The Morgan fingerprint density at radius 2 is 1.72 bits per heavy atom. The molecule has 2 aliphatic rings. The number of hydrogen-bond acceptors (Lipinski definition) is 4. The summed E-state index contributed by atoms with van der Waals surface area (Å²) in [4.78, 5) is 29.1. The van der Waals surface area contributed by atoms with Crippen molar-refractivity contribution in [3.63, 3.8) is 0 Å². The van der Waals surface area contributed by atoms with Crippen molar-refractivity contribution in [1.29, 1.82) is 0 Å². The summed E-state index contributed by atoms with van der Waals surface area (Å²) < 4.78 is 5.38. The zero-order valence-electron chi connectivity index (χ0n) is 17.7. The van der Waals surface area contributed by atoms with Crippen molar-refractivity contribution >= 4 is 17.5 Å². The minimum absolute atomic E-state index is 0.0818. The summed E-state index contributed by atoms with van der Waals surface area (Å²) in [5, 5.41) is 3.18. The second-order valence-electron chi connectivity index (χ2n) is 8.23. The number of nitrogens with one attached hydrogen (secondary N) is 1. The minimum Gasteiger partial charge on any atom is -0.381 e. The molecule has 2 aliphatic heterocycles. The summed E-state index contributed by atoms with van der Waals surface area (Å²) >= 11 is 0. The first-order valence-electron chi connectivity index (χ1n) is 11.1. The fraction of sp³-hybridized carbons (Fsp3) is 0.652. The third-order valence-corrected chi connectivity index (χ3v) is 5.87. The Morgan fingerprint density at radius 3 is 2.48 bits per heavy atom. The summed E-state index contributed by atoms with van der Waals surface area (Å²) in [6.45, 7) is 5.83. The van der Waals surface area contributed by atoms with Crippen LogP contribution in [0.25, 0.3) is 0 Å². The zero-order chi connectivity index (χ0) is 20.5. The maximum absolute atomic E-state index is 12.7. The first-order valence-corrected chi connectivity index (χ1v) is 11.1. The molecule has 160 valence electrons. The number of carbonyl (C=O) groups is 2. The van der Waals surface area contributed by atoms with Gasteiger partial charge in [-0.1, -0.05) is 37.5 Å². The molecule has 0 radical (unpaired) electrons. The Bertz CT molecular complexity index is 673. The largest absolute Gasteiger partial charge is 0.381 e. The second kappa shape index (κ2) is 11.3. The van der Waals surface area contributed by atoms with Gasteiger partial charge >= 0.3 is 0 Å². The van der Waals surface area contributed by atoms with Crippen LogP contribution in [0.2, 0.25) is 0 Å². The molecule has 0 aliphatic carbocycles. The van der Waals surface area contributed by atoms with Crippen molar-refractivity contribution in [3.05, 3.63) is 29.8 Å². The van der Waals surface area contributed by atoms with Gasteiger partial charge in [-0.2, -0.15) is 0 Å². The van der Waals surface area contributed by atoms with Gasteiger partial charge in [0.25, 0.3) is 0 Å². The third kappa shape index (κ3) is 6.82. The normalized spacial score (nSPS) is 20.2. The summed E-state index contributed by atoms with van der Waals surface area (Å²) in [7, 11) is 0. The van der Waals surface area contributed by atoms with Gasteiger partial charge in [-0.05, 0) is 43.9 Å². The Labute approximate surface area is 174 Å². The van der Waals surface area contributed by atoms with Crippen molar-refractivity contribution in [2.24, 2.45) is 0 Å². The lowest BCUT2D eigenvalue weighted by molar-refractivity contribution is -0.123. The fourth-order valence-corrected chi connectivity index (χ4v) is 4.26. The highest BCUT2D eigenvalue weighted by atomic mass is 16.5. The Hall–Kier alpha value is -1.92. The molecule has 1 aromatic carbocycles. The van der Waals surface area contributed by atoms with Gasteiger partial charge in [0, 0.05) is 45.0 Å². The molecule has 0 unspecified atom stereocenters. The molecule has 3 rings (SSSR count). The van der Waals surface area contributed by atoms with Gasteiger partial charge in [0.05, 0.1) is 6.54 Å². The van der Waals surface area contributed by atoms with E-state index < -0.39 is 0 Å². The minimum atomic E-state index is 0.0818. The van der Waals surface area contributed by atoms with Gasteiger partial charge in [0.15, 0.2) is 0 Å². The molecule has 0 atom stereocenters. The number of carbonyl (C=O) groups excluding carboxylic acids is 2. The van der Waals surface area contributed by atoms with Crippen molar-refractivity contribution in [2.75, 3.05) is 37.7 Å². The number of benzene rings is 1. The highest BCUT2D eigenvalue weighted by Gasteiger charge is 2.21. The van der Waals surface area contributed by atoms with E-state index in [4.69, 9.17) is 4.74 Å². The molecule has 1 aromatic rings. The number of rotatable bonds is 3. The van der Waals surface area contributed by atoms with E-state index in [0.717, 1.165) is 69.7 Å². The highest BCUT2D eigenvalue weighted by molar-refractivity contribution is 5.92. The van der Waals surface area contributed by atoms with Crippen LogP contribution in [0.1, 0.15) is 57.4 Å². The van der Waals surface area contributed by atoms with Crippen LogP contribution < -0.4 is 10.2 Å². The number of nitrogens with zero attached hydrogens (tertiary/aromatic N) is 2. The van der Waals surface area contributed by atoms with Gasteiger partial charge in [-0.25, -0.2) is 0 Å². The van der Waals surface area contributed by atoms with Crippen LogP contribution >= 0.6 is 0 Å². The number of anilines is 1. The predicted octanol–water partition coefficient (Wildman–Crippen LogP) is 3.10. The van der Waals surface area contributed by atoms with Crippen LogP contribution in [0.15, 0.2) is 24.3 Å². The lowest BCUT2D eigenvalue weighted by Gasteiger charge is -2.29. The summed E-state index contributed by atoms with van der Waals surface area (Å²) in [6.07, 6.45) is 7.39. The SMILES string of the molecule is CC(=O)N1CCCCCCCN(CC(=O)NC2CCOCC2)Cc2ccccc21. The Balaban J connectivity index is 1.72. The lowest BCUT2D eigenvalue weighted by Crippen LogP contribution is -2.44. The molecule has 29 heavy (non-hydrogen) atoms. The summed E-state index contributed by atoms with van der Waals surface area (Å²) in [5.74, 6) is 0.170. The van der Waals surface area contributed by atoms with Crippen LogP contribution in [0.4, 0.5) is 5.69 Å². The first kappa shape index (κ1) is 21.8. The molecule has 2 heterocycles. The predicted molar refractivity (Wildman–Crippen MR) is 115 cm³/mol. The second-order valence-corrected chi connectivity index (χ2v) is 8.23. The highest BCUT2D eigenvalue weighted by Crippen LogP contribution is 2.24. The van der Waals surface area contributed by atoms with Gasteiger partial charge < -0.3 is 15.0 Å².